The second-order valence-corrected chi connectivity index (χ2v) is 8.43. The zero-order valence-corrected chi connectivity index (χ0v) is 19.0. The standard InChI is InChI=1S/C21H12BrCl3N4O/c22-13-3-8-16(9-4-13)29-20(12-1-5-14(23)6-2-12)27-19(28-29)21(30)26-18-10-7-15(24)11-17(18)25/h1-11H,(H,26,30). The molecule has 0 aliphatic carbocycles. The molecule has 0 saturated carbocycles. The summed E-state index contributed by atoms with van der Waals surface area (Å²) >= 11 is 21.5. The molecular formula is C21H12BrCl3N4O. The van der Waals surface area contributed by atoms with E-state index in [1.54, 1.807) is 35.0 Å². The van der Waals surface area contributed by atoms with E-state index in [9.17, 15) is 4.79 Å². The molecule has 0 atom stereocenters. The molecule has 0 saturated heterocycles. The zero-order chi connectivity index (χ0) is 21.3. The van der Waals surface area contributed by atoms with E-state index in [2.05, 4.69) is 31.3 Å². The lowest BCUT2D eigenvalue weighted by molar-refractivity contribution is 0.101. The molecule has 4 rings (SSSR count). The summed E-state index contributed by atoms with van der Waals surface area (Å²) in [6.45, 7) is 0. The first kappa shape index (κ1) is 20.9. The molecule has 0 aliphatic rings. The normalized spacial score (nSPS) is 10.8. The second-order valence-electron chi connectivity index (χ2n) is 6.23. The van der Waals surface area contributed by atoms with Gasteiger partial charge in [0.2, 0.25) is 5.82 Å². The van der Waals surface area contributed by atoms with E-state index in [0.29, 0.717) is 26.6 Å². The molecule has 0 unspecified atom stereocenters. The molecule has 5 nitrogen and oxygen atoms in total. The van der Waals surface area contributed by atoms with Gasteiger partial charge in [0.25, 0.3) is 5.91 Å². The molecule has 3 aromatic carbocycles. The minimum absolute atomic E-state index is 0.00566. The maximum Gasteiger partial charge on any atom is 0.295 e. The number of carbonyl (C=O) groups excluding carboxylic acids is 1. The van der Waals surface area contributed by atoms with Crippen LogP contribution >= 0.6 is 50.7 Å². The van der Waals surface area contributed by atoms with Crippen molar-refractivity contribution in [1.82, 2.24) is 14.8 Å². The lowest BCUT2D eigenvalue weighted by atomic mass is 10.2. The highest BCUT2D eigenvalue weighted by Gasteiger charge is 2.20. The smallest absolute Gasteiger partial charge is 0.295 e. The van der Waals surface area contributed by atoms with Crippen molar-refractivity contribution < 1.29 is 4.79 Å². The Morgan fingerprint density at radius 3 is 2.23 bits per heavy atom. The molecule has 1 heterocycles. The van der Waals surface area contributed by atoms with Crippen LogP contribution in [0.2, 0.25) is 15.1 Å². The number of nitrogens with zero attached hydrogens (tertiary/aromatic N) is 3. The Morgan fingerprint density at radius 1 is 0.900 bits per heavy atom. The number of benzene rings is 3. The van der Waals surface area contributed by atoms with E-state index in [1.807, 2.05) is 36.4 Å². The van der Waals surface area contributed by atoms with Gasteiger partial charge in [-0.2, -0.15) is 0 Å². The van der Waals surface area contributed by atoms with Crippen LogP contribution in [0.4, 0.5) is 5.69 Å². The third-order valence-corrected chi connectivity index (χ3v) is 5.49. The summed E-state index contributed by atoms with van der Waals surface area (Å²) in [5, 5.41) is 8.54. The largest absolute Gasteiger partial charge is 0.318 e. The van der Waals surface area contributed by atoms with Crippen LogP contribution in [0.5, 0.6) is 0 Å². The van der Waals surface area contributed by atoms with E-state index >= 15 is 0 Å². The average molecular weight is 523 g/mol. The number of carbonyl (C=O) groups is 1. The molecule has 9 heteroatoms. The van der Waals surface area contributed by atoms with E-state index < -0.39 is 5.91 Å². The Morgan fingerprint density at radius 2 is 1.57 bits per heavy atom. The third kappa shape index (κ3) is 4.52. The van der Waals surface area contributed by atoms with Crippen LogP contribution in [0.15, 0.2) is 71.2 Å². The number of rotatable bonds is 4. The maximum atomic E-state index is 12.8. The van der Waals surface area contributed by atoms with Crippen molar-refractivity contribution >= 4 is 62.3 Å². The summed E-state index contributed by atoms with van der Waals surface area (Å²) < 4.78 is 2.53. The molecule has 1 amide bonds. The number of hydrogen-bond acceptors (Lipinski definition) is 3. The SMILES string of the molecule is O=C(Nc1ccc(Cl)cc1Cl)c1nc(-c2ccc(Cl)cc2)n(-c2ccc(Br)cc2)n1. The van der Waals surface area contributed by atoms with Crippen molar-refractivity contribution in [1.29, 1.82) is 0 Å². The van der Waals surface area contributed by atoms with Gasteiger partial charge < -0.3 is 5.32 Å². The number of anilines is 1. The Kier molecular flexibility index (Phi) is 6.11. The Bertz CT molecular complexity index is 1160. The molecule has 0 spiro atoms. The van der Waals surface area contributed by atoms with Crippen molar-refractivity contribution in [3.8, 4) is 17.1 Å². The minimum atomic E-state index is -0.495. The van der Waals surface area contributed by atoms with Crippen LogP contribution < -0.4 is 5.32 Å². The number of aromatic nitrogens is 3. The van der Waals surface area contributed by atoms with E-state index in [1.165, 1.54) is 0 Å². The van der Waals surface area contributed by atoms with E-state index in [4.69, 9.17) is 34.8 Å². The Labute approximate surface area is 195 Å². The second kappa shape index (κ2) is 8.78. The Balaban J connectivity index is 1.75. The van der Waals surface area contributed by atoms with Crippen LogP contribution in [0.1, 0.15) is 10.6 Å². The van der Waals surface area contributed by atoms with Crippen LogP contribution in [-0.4, -0.2) is 20.7 Å². The monoisotopic (exact) mass is 520 g/mol. The van der Waals surface area contributed by atoms with Gasteiger partial charge in [0.15, 0.2) is 5.82 Å². The number of hydrogen-bond donors (Lipinski definition) is 1. The number of halogens is 4. The predicted molar refractivity (Wildman–Crippen MR) is 124 cm³/mol. The van der Waals surface area contributed by atoms with Gasteiger partial charge in [0.1, 0.15) is 0 Å². The molecule has 30 heavy (non-hydrogen) atoms. The lowest BCUT2D eigenvalue weighted by Gasteiger charge is -2.06. The topological polar surface area (TPSA) is 59.8 Å². The lowest BCUT2D eigenvalue weighted by Crippen LogP contribution is -2.14. The van der Waals surface area contributed by atoms with Crippen molar-refractivity contribution in [3.63, 3.8) is 0 Å². The minimum Gasteiger partial charge on any atom is -0.318 e. The fourth-order valence-electron chi connectivity index (χ4n) is 2.73. The summed E-state index contributed by atoms with van der Waals surface area (Å²) in [7, 11) is 0. The highest BCUT2D eigenvalue weighted by atomic mass is 79.9. The van der Waals surface area contributed by atoms with Crippen molar-refractivity contribution in [2.45, 2.75) is 0 Å². The fourth-order valence-corrected chi connectivity index (χ4v) is 3.57. The van der Waals surface area contributed by atoms with Gasteiger partial charge >= 0.3 is 0 Å². The van der Waals surface area contributed by atoms with E-state index in [-0.39, 0.29) is 5.82 Å². The highest BCUT2D eigenvalue weighted by Crippen LogP contribution is 2.27. The predicted octanol–water partition coefficient (Wildman–Crippen LogP) is 6.91. The zero-order valence-electron chi connectivity index (χ0n) is 15.1. The quantitative estimate of drug-likeness (QED) is 0.317. The van der Waals surface area contributed by atoms with Crippen LogP contribution in [0, 0.1) is 0 Å². The van der Waals surface area contributed by atoms with Gasteiger partial charge in [-0.15, -0.1) is 5.10 Å². The van der Waals surface area contributed by atoms with Crippen molar-refractivity contribution in [2.75, 3.05) is 5.32 Å². The van der Waals surface area contributed by atoms with Gasteiger partial charge in [-0.25, -0.2) is 9.67 Å². The number of amides is 1. The van der Waals surface area contributed by atoms with Crippen molar-refractivity contribution in [3.05, 3.63) is 92.1 Å². The maximum absolute atomic E-state index is 12.8. The number of nitrogens with one attached hydrogen (secondary N) is 1. The molecule has 4 aromatic rings. The van der Waals surface area contributed by atoms with Gasteiger partial charge in [0, 0.05) is 20.1 Å². The molecule has 1 N–H and O–H groups in total. The summed E-state index contributed by atoms with van der Waals surface area (Å²) in [6, 6.07) is 19.5. The van der Waals surface area contributed by atoms with Gasteiger partial charge in [-0.1, -0.05) is 50.7 Å². The molecule has 0 bridgehead atoms. The van der Waals surface area contributed by atoms with Crippen molar-refractivity contribution in [2.24, 2.45) is 0 Å². The molecule has 150 valence electrons. The first-order valence-electron chi connectivity index (χ1n) is 8.66. The summed E-state index contributed by atoms with van der Waals surface area (Å²) in [6.07, 6.45) is 0. The molecule has 0 fully saturated rings. The fraction of sp³-hybridized carbons (Fsp3) is 0. The molecule has 0 aliphatic heterocycles. The van der Waals surface area contributed by atoms with Gasteiger partial charge in [0.05, 0.1) is 16.4 Å². The molecule has 1 aromatic heterocycles. The first-order valence-corrected chi connectivity index (χ1v) is 10.6. The molecular weight excluding hydrogens is 511 g/mol. The van der Waals surface area contributed by atoms with Gasteiger partial charge in [-0.05, 0) is 66.7 Å². The van der Waals surface area contributed by atoms with Crippen LogP contribution in [0.25, 0.3) is 17.1 Å². The summed E-state index contributed by atoms with van der Waals surface area (Å²) in [5.41, 5.74) is 1.93. The first-order chi connectivity index (χ1) is 14.4. The Hall–Kier alpha value is -2.38. The third-order valence-electron chi connectivity index (χ3n) is 4.16. The van der Waals surface area contributed by atoms with Gasteiger partial charge in [-0.3, -0.25) is 4.79 Å². The van der Waals surface area contributed by atoms with Crippen LogP contribution in [-0.2, 0) is 0 Å². The summed E-state index contributed by atoms with van der Waals surface area (Å²) in [5.74, 6) is 0.000486. The van der Waals surface area contributed by atoms with Crippen LogP contribution in [0.3, 0.4) is 0 Å². The average Bonchev–Trinajstić information content (AvgIpc) is 3.17. The molecule has 0 radical (unpaired) electrons. The van der Waals surface area contributed by atoms with E-state index in [0.717, 1.165) is 15.7 Å². The highest BCUT2D eigenvalue weighted by molar-refractivity contribution is 9.10. The summed E-state index contributed by atoms with van der Waals surface area (Å²) in [4.78, 5) is 17.3.